The predicted octanol–water partition coefficient (Wildman–Crippen LogP) is 3.52. The number of rotatable bonds is 3. The van der Waals surface area contributed by atoms with Crippen molar-refractivity contribution in [1.29, 1.82) is 0 Å². The van der Waals surface area contributed by atoms with Gasteiger partial charge >= 0.3 is 0 Å². The van der Waals surface area contributed by atoms with Crippen molar-refractivity contribution in [2.45, 2.75) is 70.9 Å². The Morgan fingerprint density at radius 1 is 1.14 bits per heavy atom. The third-order valence-electron chi connectivity index (χ3n) is 3.25. The summed E-state index contributed by atoms with van der Waals surface area (Å²) in [5.41, 5.74) is 0.279. The molecule has 82 valence electrons. The minimum Gasteiger partial charge on any atom is -0.296 e. The van der Waals surface area contributed by atoms with Crippen LogP contribution in [0.3, 0.4) is 0 Å². The van der Waals surface area contributed by atoms with Gasteiger partial charge in [-0.25, -0.2) is 0 Å². The first kappa shape index (κ1) is 12.0. The Morgan fingerprint density at radius 3 is 2.14 bits per heavy atom. The second kappa shape index (κ2) is 5.16. The minimum absolute atomic E-state index is 0.279. The molecule has 0 saturated heterocycles. The summed E-state index contributed by atoms with van der Waals surface area (Å²) in [6.07, 6.45) is 7.77. The molecule has 1 fully saturated rings. The van der Waals surface area contributed by atoms with E-state index in [-0.39, 0.29) is 5.54 Å². The molecular weight excluding hydrogens is 170 g/mol. The molecule has 0 bridgehead atoms. The van der Waals surface area contributed by atoms with Crippen molar-refractivity contribution < 1.29 is 0 Å². The van der Waals surface area contributed by atoms with Crippen LogP contribution in [0.25, 0.3) is 0 Å². The second-order valence-electron chi connectivity index (χ2n) is 5.44. The van der Waals surface area contributed by atoms with Crippen LogP contribution in [0, 0.1) is 6.92 Å². The van der Waals surface area contributed by atoms with Crippen molar-refractivity contribution in [3.63, 3.8) is 0 Å². The van der Waals surface area contributed by atoms with Gasteiger partial charge in [-0.3, -0.25) is 4.90 Å². The van der Waals surface area contributed by atoms with E-state index in [0.29, 0.717) is 0 Å². The van der Waals surface area contributed by atoms with E-state index in [0.717, 1.165) is 19.0 Å². The first-order chi connectivity index (χ1) is 6.55. The largest absolute Gasteiger partial charge is 0.296 e. The van der Waals surface area contributed by atoms with Gasteiger partial charge < -0.3 is 0 Å². The van der Waals surface area contributed by atoms with Crippen molar-refractivity contribution in [3.8, 4) is 0 Å². The van der Waals surface area contributed by atoms with E-state index in [1.165, 1.54) is 32.1 Å². The lowest BCUT2D eigenvalue weighted by molar-refractivity contribution is 0.0621. The quantitative estimate of drug-likeness (QED) is 0.666. The van der Waals surface area contributed by atoms with Gasteiger partial charge in [0.15, 0.2) is 0 Å². The van der Waals surface area contributed by atoms with Crippen LogP contribution in [0.15, 0.2) is 0 Å². The third-order valence-corrected chi connectivity index (χ3v) is 3.25. The Labute approximate surface area is 89.9 Å². The smallest absolute Gasteiger partial charge is 0.0127 e. The monoisotopic (exact) mass is 195 g/mol. The fourth-order valence-corrected chi connectivity index (χ4v) is 2.60. The van der Waals surface area contributed by atoms with Gasteiger partial charge in [-0.1, -0.05) is 19.3 Å². The van der Waals surface area contributed by atoms with E-state index in [9.17, 15) is 0 Å². The zero-order valence-corrected chi connectivity index (χ0v) is 10.1. The van der Waals surface area contributed by atoms with Gasteiger partial charge in [0.05, 0.1) is 0 Å². The molecule has 0 amide bonds. The van der Waals surface area contributed by atoms with Crippen LogP contribution in [0.1, 0.15) is 59.3 Å². The van der Waals surface area contributed by atoms with E-state index in [1.807, 2.05) is 0 Å². The highest BCUT2D eigenvalue weighted by Gasteiger charge is 2.28. The molecule has 0 aromatic heterocycles. The molecule has 1 aliphatic carbocycles. The second-order valence-corrected chi connectivity index (χ2v) is 5.44. The molecule has 1 nitrogen and oxygen atoms in total. The molecular formula is C13H25N. The SMILES string of the molecule is [CH]CCN(C1CCCCC1)C(C)(C)C. The van der Waals surface area contributed by atoms with Gasteiger partial charge in [-0.2, -0.15) is 0 Å². The topological polar surface area (TPSA) is 3.24 Å². The minimum atomic E-state index is 0.279. The molecule has 1 heteroatoms. The lowest BCUT2D eigenvalue weighted by Gasteiger charge is -2.43. The standard InChI is InChI=1S/C13H25N/c1-5-11-14(13(2,3)4)12-9-7-6-8-10-12/h1,12H,5-11H2,2-4H3. The Morgan fingerprint density at radius 2 is 1.71 bits per heavy atom. The Kier molecular flexibility index (Phi) is 4.43. The predicted molar refractivity (Wildman–Crippen MR) is 62.2 cm³/mol. The van der Waals surface area contributed by atoms with Crippen LogP contribution < -0.4 is 0 Å². The molecule has 2 radical (unpaired) electrons. The van der Waals surface area contributed by atoms with Gasteiger partial charge in [0.1, 0.15) is 0 Å². The van der Waals surface area contributed by atoms with Crippen LogP contribution in [0.5, 0.6) is 0 Å². The molecule has 0 unspecified atom stereocenters. The summed E-state index contributed by atoms with van der Waals surface area (Å²) in [4.78, 5) is 2.60. The van der Waals surface area contributed by atoms with Crippen molar-refractivity contribution in [2.24, 2.45) is 0 Å². The van der Waals surface area contributed by atoms with Crippen LogP contribution in [0.4, 0.5) is 0 Å². The van der Waals surface area contributed by atoms with Gasteiger partial charge in [0.25, 0.3) is 0 Å². The summed E-state index contributed by atoms with van der Waals surface area (Å²) < 4.78 is 0. The zero-order chi connectivity index (χ0) is 10.6. The van der Waals surface area contributed by atoms with E-state index < -0.39 is 0 Å². The first-order valence-electron chi connectivity index (χ1n) is 6.02. The lowest BCUT2D eigenvalue weighted by atomic mass is 9.90. The molecule has 0 aromatic rings. The summed E-state index contributed by atoms with van der Waals surface area (Å²) in [6, 6.07) is 0.785. The average Bonchev–Trinajstić information content (AvgIpc) is 2.14. The third kappa shape index (κ3) is 3.27. The van der Waals surface area contributed by atoms with Gasteiger partial charge in [0, 0.05) is 11.6 Å². The van der Waals surface area contributed by atoms with Crippen LogP contribution in [0.2, 0.25) is 0 Å². The van der Waals surface area contributed by atoms with Crippen molar-refractivity contribution >= 4 is 0 Å². The Bertz CT molecular complexity index is 151. The van der Waals surface area contributed by atoms with E-state index >= 15 is 0 Å². The lowest BCUT2D eigenvalue weighted by Crippen LogP contribution is -2.49. The van der Waals surface area contributed by atoms with Crippen molar-refractivity contribution in [2.75, 3.05) is 6.54 Å². The highest BCUT2D eigenvalue weighted by Crippen LogP contribution is 2.28. The summed E-state index contributed by atoms with van der Waals surface area (Å²) in [6.45, 7) is 13.6. The van der Waals surface area contributed by atoms with E-state index in [1.54, 1.807) is 0 Å². The average molecular weight is 195 g/mol. The van der Waals surface area contributed by atoms with Gasteiger partial charge in [-0.15, -0.1) is 0 Å². The van der Waals surface area contributed by atoms with E-state index in [4.69, 9.17) is 6.92 Å². The van der Waals surface area contributed by atoms with Crippen LogP contribution in [-0.4, -0.2) is 23.0 Å². The molecule has 1 aliphatic rings. The van der Waals surface area contributed by atoms with Crippen LogP contribution >= 0.6 is 0 Å². The molecule has 0 aliphatic heterocycles. The zero-order valence-electron chi connectivity index (χ0n) is 10.1. The Hall–Kier alpha value is -0.0400. The van der Waals surface area contributed by atoms with Gasteiger partial charge in [0.2, 0.25) is 0 Å². The first-order valence-corrected chi connectivity index (χ1v) is 6.02. The molecule has 0 N–H and O–H groups in total. The number of hydrogen-bond donors (Lipinski definition) is 0. The van der Waals surface area contributed by atoms with Crippen molar-refractivity contribution in [3.05, 3.63) is 6.92 Å². The van der Waals surface area contributed by atoms with Gasteiger partial charge in [-0.05, 0) is 53.5 Å². The summed E-state index contributed by atoms with van der Waals surface area (Å²) >= 11 is 0. The molecule has 1 saturated carbocycles. The number of nitrogens with zero attached hydrogens (tertiary/aromatic N) is 1. The molecule has 0 heterocycles. The summed E-state index contributed by atoms with van der Waals surface area (Å²) in [7, 11) is 0. The van der Waals surface area contributed by atoms with Crippen molar-refractivity contribution in [1.82, 2.24) is 4.90 Å². The fourth-order valence-electron chi connectivity index (χ4n) is 2.60. The fraction of sp³-hybridized carbons (Fsp3) is 0.923. The maximum absolute atomic E-state index is 5.69. The molecule has 0 atom stereocenters. The molecule has 0 spiro atoms. The molecule has 1 rings (SSSR count). The van der Waals surface area contributed by atoms with E-state index in [2.05, 4.69) is 25.7 Å². The highest BCUT2D eigenvalue weighted by molar-refractivity contribution is 4.85. The summed E-state index contributed by atoms with van der Waals surface area (Å²) in [5.74, 6) is 0. The Balaban J connectivity index is 2.56. The highest BCUT2D eigenvalue weighted by atomic mass is 15.2. The maximum Gasteiger partial charge on any atom is 0.0127 e. The maximum atomic E-state index is 5.69. The van der Waals surface area contributed by atoms with Crippen LogP contribution in [-0.2, 0) is 0 Å². The normalized spacial score (nSPS) is 20.4. The molecule has 0 aromatic carbocycles. The number of hydrogen-bond acceptors (Lipinski definition) is 1. The molecule has 14 heavy (non-hydrogen) atoms. The summed E-state index contributed by atoms with van der Waals surface area (Å²) in [5, 5.41) is 0.